The maximum atomic E-state index is 13.0. The van der Waals surface area contributed by atoms with Crippen molar-refractivity contribution in [1.82, 2.24) is 4.72 Å². The van der Waals surface area contributed by atoms with E-state index in [4.69, 9.17) is 17.3 Å². The second-order valence-corrected chi connectivity index (χ2v) is 8.76. The van der Waals surface area contributed by atoms with Crippen molar-refractivity contribution in [3.63, 3.8) is 0 Å². The molecular formula is C19H21ClN2O3S. The van der Waals surface area contributed by atoms with Crippen molar-refractivity contribution in [2.75, 3.05) is 0 Å². The van der Waals surface area contributed by atoms with Crippen LogP contribution in [0.2, 0.25) is 5.02 Å². The summed E-state index contributed by atoms with van der Waals surface area (Å²) in [7, 11) is -3.75. The third-order valence-electron chi connectivity index (χ3n) is 4.88. The number of hydrogen-bond donors (Lipinski definition) is 2. The van der Waals surface area contributed by atoms with Gasteiger partial charge in [0, 0.05) is 10.6 Å². The average molecular weight is 393 g/mol. The van der Waals surface area contributed by atoms with Crippen LogP contribution in [0.25, 0.3) is 0 Å². The summed E-state index contributed by atoms with van der Waals surface area (Å²) >= 11 is 5.99. The van der Waals surface area contributed by atoms with Crippen LogP contribution < -0.4 is 10.5 Å². The zero-order chi connectivity index (χ0) is 18.8. The molecule has 5 nitrogen and oxygen atoms in total. The number of benzene rings is 2. The molecule has 1 aliphatic carbocycles. The minimum Gasteiger partial charge on any atom is -0.366 e. The normalized spacial score (nSPS) is 17.0. The van der Waals surface area contributed by atoms with Crippen molar-refractivity contribution >= 4 is 27.5 Å². The summed E-state index contributed by atoms with van der Waals surface area (Å²) in [5.41, 5.74) is 5.76. The maximum absolute atomic E-state index is 13.0. The van der Waals surface area contributed by atoms with E-state index in [-0.39, 0.29) is 10.5 Å². The van der Waals surface area contributed by atoms with E-state index >= 15 is 0 Å². The number of rotatable bonds is 5. The van der Waals surface area contributed by atoms with Crippen LogP contribution in [0.1, 0.15) is 48.0 Å². The predicted molar refractivity (Wildman–Crippen MR) is 101 cm³/mol. The van der Waals surface area contributed by atoms with Crippen LogP contribution in [0.4, 0.5) is 0 Å². The fraction of sp³-hybridized carbons (Fsp3) is 0.316. The second kappa shape index (κ2) is 7.39. The summed E-state index contributed by atoms with van der Waals surface area (Å²) in [6.45, 7) is 0. The number of primary amides is 1. The first-order valence-electron chi connectivity index (χ1n) is 8.52. The topological polar surface area (TPSA) is 89.3 Å². The number of amides is 1. The Morgan fingerprint density at radius 2 is 1.54 bits per heavy atom. The summed E-state index contributed by atoms with van der Waals surface area (Å²) < 4.78 is 28.9. The molecule has 0 bridgehead atoms. The van der Waals surface area contributed by atoms with E-state index in [2.05, 4.69) is 4.72 Å². The molecule has 7 heteroatoms. The molecule has 0 spiro atoms. The van der Waals surface area contributed by atoms with Crippen LogP contribution in [-0.2, 0) is 15.6 Å². The van der Waals surface area contributed by atoms with E-state index in [0.717, 1.165) is 37.7 Å². The number of sulfonamides is 1. The van der Waals surface area contributed by atoms with Crippen molar-refractivity contribution < 1.29 is 13.2 Å². The summed E-state index contributed by atoms with van der Waals surface area (Å²) in [6, 6.07) is 13.0. The third kappa shape index (κ3) is 3.92. The van der Waals surface area contributed by atoms with Gasteiger partial charge < -0.3 is 5.73 Å². The number of hydrogen-bond acceptors (Lipinski definition) is 3. The predicted octanol–water partition coefficient (Wildman–Crippen LogP) is 3.58. The molecular weight excluding hydrogens is 372 g/mol. The zero-order valence-corrected chi connectivity index (χ0v) is 15.8. The lowest BCUT2D eigenvalue weighted by atomic mass is 9.77. The first kappa shape index (κ1) is 18.9. The molecule has 1 amide bonds. The van der Waals surface area contributed by atoms with Crippen LogP contribution in [0.15, 0.2) is 53.4 Å². The first-order valence-corrected chi connectivity index (χ1v) is 10.4. The molecule has 138 valence electrons. The maximum Gasteiger partial charge on any atom is 0.248 e. The van der Waals surface area contributed by atoms with Gasteiger partial charge in [0.1, 0.15) is 0 Å². The third-order valence-corrected chi connectivity index (χ3v) is 6.69. The smallest absolute Gasteiger partial charge is 0.248 e. The molecule has 0 saturated heterocycles. The van der Waals surface area contributed by atoms with E-state index in [1.54, 1.807) is 12.1 Å². The highest BCUT2D eigenvalue weighted by Crippen LogP contribution is 2.38. The van der Waals surface area contributed by atoms with E-state index < -0.39 is 21.5 Å². The lowest BCUT2D eigenvalue weighted by Crippen LogP contribution is -2.47. The van der Waals surface area contributed by atoms with Crippen molar-refractivity contribution in [3.05, 3.63) is 64.7 Å². The Bertz CT molecular complexity index is 887. The van der Waals surface area contributed by atoms with Gasteiger partial charge in [0.2, 0.25) is 15.9 Å². The minimum atomic E-state index is -3.75. The Labute approximate surface area is 158 Å². The van der Waals surface area contributed by atoms with Gasteiger partial charge in [0.15, 0.2) is 0 Å². The van der Waals surface area contributed by atoms with Crippen LogP contribution in [0.5, 0.6) is 0 Å². The molecule has 0 radical (unpaired) electrons. The summed E-state index contributed by atoms with van der Waals surface area (Å²) in [5.74, 6) is -0.591. The van der Waals surface area contributed by atoms with Gasteiger partial charge in [-0.15, -0.1) is 0 Å². The van der Waals surface area contributed by atoms with Gasteiger partial charge in [-0.05, 0) is 54.8 Å². The lowest BCUT2D eigenvalue weighted by Gasteiger charge is -2.38. The Balaban J connectivity index is 1.95. The minimum absolute atomic E-state index is 0.112. The fourth-order valence-corrected chi connectivity index (χ4v) is 5.06. The molecule has 0 heterocycles. The Hall–Kier alpha value is -1.89. The lowest BCUT2D eigenvalue weighted by molar-refractivity contribution is 0.1000. The van der Waals surface area contributed by atoms with Gasteiger partial charge in [-0.3, -0.25) is 4.79 Å². The molecule has 1 fully saturated rings. The molecule has 26 heavy (non-hydrogen) atoms. The van der Waals surface area contributed by atoms with Gasteiger partial charge >= 0.3 is 0 Å². The SMILES string of the molecule is NC(=O)c1ccc(S(=O)(=O)NC2(c3ccc(Cl)cc3)CCCCC2)cc1. The zero-order valence-electron chi connectivity index (χ0n) is 14.2. The molecule has 3 rings (SSSR count). The standard InChI is InChI=1S/C19H21ClN2O3S/c20-16-8-6-15(7-9-16)19(12-2-1-3-13-19)22-26(24,25)17-10-4-14(5-11-17)18(21)23/h4-11,22H,1-3,12-13H2,(H2,21,23). The first-order chi connectivity index (χ1) is 12.3. The van der Waals surface area contributed by atoms with Gasteiger partial charge in [-0.2, -0.15) is 0 Å². The number of nitrogens with two attached hydrogens (primary N) is 1. The number of carbonyl (C=O) groups excluding carboxylic acids is 1. The van der Waals surface area contributed by atoms with Gasteiger partial charge in [-0.25, -0.2) is 13.1 Å². The van der Waals surface area contributed by atoms with Crippen molar-refractivity contribution in [3.8, 4) is 0 Å². The highest BCUT2D eigenvalue weighted by molar-refractivity contribution is 7.89. The van der Waals surface area contributed by atoms with Crippen molar-refractivity contribution in [2.45, 2.75) is 42.5 Å². The molecule has 2 aromatic carbocycles. The molecule has 0 aliphatic heterocycles. The summed E-state index contributed by atoms with van der Waals surface area (Å²) in [5, 5.41) is 0.615. The summed E-state index contributed by atoms with van der Waals surface area (Å²) in [6.07, 6.45) is 4.45. The van der Waals surface area contributed by atoms with E-state index in [9.17, 15) is 13.2 Å². The molecule has 1 aliphatic rings. The average Bonchev–Trinajstić information content (AvgIpc) is 2.62. The number of halogens is 1. The van der Waals surface area contributed by atoms with Crippen LogP contribution >= 0.6 is 11.6 Å². The number of carbonyl (C=O) groups is 1. The van der Waals surface area contributed by atoms with E-state index in [1.165, 1.54) is 24.3 Å². The highest BCUT2D eigenvalue weighted by Gasteiger charge is 2.38. The molecule has 3 N–H and O–H groups in total. The van der Waals surface area contributed by atoms with E-state index in [1.807, 2.05) is 12.1 Å². The monoisotopic (exact) mass is 392 g/mol. The fourth-order valence-electron chi connectivity index (χ4n) is 3.49. The Morgan fingerprint density at radius 3 is 2.08 bits per heavy atom. The van der Waals surface area contributed by atoms with Crippen LogP contribution in [0, 0.1) is 0 Å². The second-order valence-electron chi connectivity index (χ2n) is 6.64. The van der Waals surface area contributed by atoms with Crippen molar-refractivity contribution in [2.24, 2.45) is 5.73 Å². The molecule has 0 unspecified atom stereocenters. The van der Waals surface area contributed by atoms with Crippen molar-refractivity contribution in [1.29, 1.82) is 0 Å². The van der Waals surface area contributed by atoms with Gasteiger partial charge in [0.25, 0.3) is 0 Å². The Kier molecular flexibility index (Phi) is 5.37. The number of nitrogens with one attached hydrogen (secondary N) is 1. The molecule has 1 saturated carbocycles. The highest BCUT2D eigenvalue weighted by atomic mass is 35.5. The molecule has 0 aromatic heterocycles. The quantitative estimate of drug-likeness (QED) is 0.814. The van der Waals surface area contributed by atoms with Crippen LogP contribution in [-0.4, -0.2) is 14.3 Å². The van der Waals surface area contributed by atoms with Crippen LogP contribution in [0.3, 0.4) is 0 Å². The van der Waals surface area contributed by atoms with Gasteiger partial charge in [-0.1, -0.05) is 43.0 Å². The molecule has 0 atom stereocenters. The van der Waals surface area contributed by atoms with E-state index in [0.29, 0.717) is 5.02 Å². The Morgan fingerprint density at radius 1 is 0.962 bits per heavy atom. The summed E-state index contributed by atoms with van der Waals surface area (Å²) in [4.78, 5) is 11.3. The largest absolute Gasteiger partial charge is 0.366 e. The van der Waals surface area contributed by atoms with Gasteiger partial charge in [0.05, 0.1) is 10.4 Å². The molecule has 2 aromatic rings.